The number of nitrogens with one attached hydrogen (secondary N) is 1. The van der Waals surface area contributed by atoms with E-state index in [-0.39, 0.29) is 41.8 Å². The van der Waals surface area contributed by atoms with Crippen LogP contribution in [0.3, 0.4) is 0 Å². The molecule has 1 aliphatic rings. The second-order valence-corrected chi connectivity index (χ2v) is 10.5. The Hall–Kier alpha value is -4.47. The van der Waals surface area contributed by atoms with E-state index in [0.29, 0.717) is 19.0 Å². The fraction of sp³-hybridized carbons (Fsp3) is 0.519. The van der Waals surface area contributed by atoms with Crippen molar-refractivity contribution in [1.82, 2.24) is 24.0 Å². The summed E-state index contributed by atoms with van der Waals surface area (Å²) in [6.45, 7) is 8.17. The normalized spacial score (nSPS) is 15.4. The zero-order valence-corrected chi connectivity index (χ0v) is 23.6. The lowest BCUT2D eigenvalue weighted by atomic mass is 10.1. The Morgan fingerprint density at radius 1 is 1.23 bits per heavy atom. The number of carbonyl (C=O) groups is 2. The minimum atomic E-state index is -0.663. The second-order valence-electron chi connectivity index (χ2n) is 10.5. The molecule has 1 amide bonds. The number of anilines is 1. The molecule has 13 nitrogen and oxygen atoms in total. The Bertz CT molecular complexity index is 1610. The third-order valence-electron chi connectivity index (χ3n) is 6.41. The first-order valence-electron chi connectivity index (χ1n) is 12.9. The van der Waals surface area contributed by atoms with Crippen molar-refractivity contribution < 1.29 is 23.5 Å². The van der Waals surface area contributed by atoms with Crippen LogP contribution in [0.25, 0.3) is 11.2 Å². The molecule has 0 radical (unpaired) electrons. The van der Waals surface area contributed by atoms with E-state index in [1.165, 1.54) is 30.9 Å². The Kier molecular flexibility index (Phi) is 8.08. The Balaban J connectivity index is 1.73. The highest BCUT2D eigenvalue weighted by Gasteiger charge is 2.29. The average Bonchev–Trinajstić information content (AvgIpc) is 3.52. The van der Waals surface area contributed by atoms with Crippen LogP contribution in [-0.4, -0.2) is 62.6 Å². The predicted octanol–water partition coefficient (Wildman–Crippen LogP) is 1.84. The van der Waals surface area contributed by atoms with Crippen LogP contribution in [0.4, 0.5) is 10.7 Å². The minimum absolute atomic E-state index is 0.0337. The monoisotopic (exact) mass is 554 g/mol. The van der Waals surface area contributed by atoms with Gasteiger partial charge in [0.2, 0.25) is 11.7 Å². The van der Waals surface area contributed by atoms with Crippen molar-refractivity contribution in [2.45, 2.75) is 65.3 Å². The Morgan fingerprint density at radius 3 is 2.65 bits per heavy atom. The molecular weight excluding hydrogens is 520 g/mol. The maximum atomic E-state index is 13.7. The van der Waals surface area contributed by atoms with Crippen LogP contribution in [0.5, 0.6) is 0 Å². The van der Waals surface area contributed by atoms with Crippen molar-refractivity contribution >= 4 is 29.2 Å². The summed E-state index contributed by atoms with van der Waals surface area (Å²) in [7, 11) is 2.77. The first kappa shape index (κ1) is 28.5. The number of hydrogen-bond acceptors (Lipinski definition) is 9. The number of rotatable bonds is 6. The zero-order valence-electron chi connectivity index (χ0n) is 23.6. The van der Waals surface area contributed by atoms with Gasteiger partial charge in [0, 0.05) is 26.2 Å². The highest BCUT2D eigenvalue weighted by atomic mass is 16.6. The highest BCUT2D eigenvalue weighted by Crippen LogP contribution is 2.24. The van der Waals surface area contributed by atoms with E-state index in [1.807, 2.05) is 4.90 Å². The quantitative estimate of drug-likeness (QED) is 0.357. The summed E-state index contributed by atoms with van der Waals surface area (Å²) in [5, 5.41) is 2.92. The number of furan rings is 1. The van der Waals surface area contributed by atoms with Crippen LogP contribution < -0.4 is 21.5 Å². The molecule has 0 aliphatic carbocycles. The number of imidazole rings is 1. The number of carbonyl (C=O) groups excluding carboxylic acids is 2. The third-order valence-corrected chi connectivity index (χ3v) is 6.41. The van der Waals surface area contributed by atoms with Crippen molar-refractivity contribution in [3.8, 4) is 11.8 Å². The molecule has 1 atom stereocenters. The largest absolute Gasteiger partial charge is 0.463 e. The molecule has 0 unspecified atom stereocenters. The molecule has 4 heterocycles. The van der Waals surface area contributed by atoms with Gasteiger partial charge in [0.25, 0.3) is 5.56 Å². The van der Waals surface area contributed by atoms with E-state index in [4.69, 9.17) is 14.1 Å². The lowest BCUT2D eigenvalue weighted by Crippen LogP contribution is -2.49. The molecule has 0 spiro atoms. The van der Waals surface area contributed by atoms with Crippen molar-refractivity contribution in [1.29, 1.82) is 0 Å². The predicted molar refractivity (Wildman–Crippen MR) is 146 cm³/mol. The van der Waals surface area contributed by atoms with Crippen LogP contribution >= 0.6 is 0 Å². The SMILES string of the molecule is CC#CCn1c(N2CCC[C@@H](NC(=O)OC(C)(C)C)C2)nc2c1c(=O)n(Cc1ccc(C(=O)OC)o1)c(=O)n2C. The van der Waals surface area contributed by atoms with Gasteiger partial charge in [-0.1, -0.05) is 5.92 Å². The number of nitrogens with zero attached hydrogens (tertiary/aromatic N) is 5. The highest BCUT2D eigenvalue weighted by molar-refractivity contribution is 5.86. The summed E-state index contributed by atoms with van der Waals surface area (Å²) in [6, 6.07) is 2.74. The van der Waals surface area contributed by atoms with E-state index in [1.54, 1.807) is 32.3 Å². The fourth-order valence-electron chi connectivity index (χ4n) is 4.63. The molecule has 3 aromatic heterocycles. The van der Waals surface area contributed by atoms with Crippen molar-refractivity contribution in [3.05, 3.63) is 44.5 Å². The summed E-state index contributed by atoms with van der Waals surface area (Å²) in [4.78, 5) is 57.8. The minimum Gasteiger partial charge on any atom is -0.463 e. The fourth-order valence-corrected chi connectivity index (χ4v) is 4.63. The smallest absolute Gasteiger partial charge is 0.407 e. The van der Waals surface area contributed by atoms with Crippen LogP contribution in [0.2, 0.25) is 0 Å². The van der Waals surface area contributed by atoms with Crippen molar-refractivity contribution in [2.75, 3.05) is 25.1 Å². The number of methoxy groups -OCH3 is 1. The van der Waals surface area contributed by atoms with Gasteiger partial charge in [-0.15, -0.1) is 5.92 Å². The lowest BCUT2D eigenvalue weighted by molar-refractivity contribution is 0.0498. The number of ether oxygens (including phenoxy) is 2. The van der Waals surface area contributed by atoms with E-state index in [2.05, 4.69) is 21.9 Å². The summed E-state index contributed by atoms with van der Waals surface area (Å²) in [6.07, 6.45) is 1.03. The number of fused-ring (bicyclic) bond motifs is 1. The first-order valence-corrected chi connectivity index (χ1v) is 12.9. The van der Waals surface area contributed by atoms with Gasteiger partial charge in [0.1, 0.15) is 11.4 Å². The summed E-state index contributed by atoms with van der Waals surface area (Å²) in [5.74, 6) is 5.87. The number of aromatic nitrogens is 4. The number of amides is 1. The van der Waals surface area contributed by atoms with Gasteiger partial charge >= 0.3 is 17.8 Å². The number of hydrogen-bond donors (Lipinski definition) is 1. The lowest BCUT2D eigenvalue weighted by Gasteiger charge is -2.34. The van der Waals surface area contributed by atoms with Gasteiger partial charge in [-0.25, -0.2) is 14.4 Å². The second kappa shape index (κ2) is 11.3. The van der Waals surface area contributed by atoms with Gasteiger partial charge < -0.3 is 24.1 Å². The molecule has 3 aromatic rings. The molecule has 1 saturated heterocycles. The molecule has 1 fully saturated rings. The zero-order chi connectivity index (χ0) is 29.2. The topological polar surface area (TPSA) is 143 Å². The van der Waals surface area contributed by atoms with E-state index in [9.17, 15) is 19.2 Å². The molecule has 1 N–H and O–H groups in total. The number of piperidine rings is 1. The van der Waals surface area contributed by atoms with Gasteiger partial charge in [-0.05, 0) is 52.7 Å². The van der Waals surface area contributed by atoms with Crippen LogP contribution in [-0.2, 0) is 29.6 Å². The molecule has 0 saturated carbocycles. The molecule has 13 heteroatoms. The summed E-state index contributed by atoms with van der Waals surface area (Å²) >= 11 is 0. The molecular formula is C27H34N6O7. The van der Waals surface area contributed by atoms with Gasteiger partial charge in [-0.2, -0.15) is 4.98 Å². The van der Waals surface area contributed by atoms with Crippen molar-refractivity contribution in [3.63, 3.8) is 0 Å². The molecule has 40 heavy (non-hydrogen) atoms. The van der Waals surface area contributed by atoms with Gasteiger partial charge in [0.15, 0.2) is 11.2 Å². The van der Waals surface area contributed by atoms with Crippen molar-refractivity contribution in [2.24, 2.45) is 7.05 Å². The molecule has 1 aliphatic heterocycles. The van der Waals surface area contributed by atoms with Crippen LogP contribution in [0.1, 0.15) is 56.9 Å². The van der Waals surface area contributed by atoms with E-state index < -0.39 is 28.9 Å². The van der Waals surface area contributed by atoms with Gasteiger partial charge in [-0.3, -0.25) is 18.5 Å². The molecule has 0 bridgehead atoms. The van der Waals surface area contributed by atoms with E-state index >= 15 is 0 Å². The first-order chi connectivity index (χ1) is 18.9. The maximum absolute atomic E-state index is 13.7. The van der Waals surface area contributed by atoms with E-state index in [0.717, 1.165) is 17.4 Å². The van der Waals surface area contributed by atoms with Crippen LogP contribution in [0, 0.1) is 11.8 Å². The molecule has 4 rings (SSSR count). The average molecular weight is 555 g/mol. The molecule has 0 aromatic carbocycles. The van der Waals surface area contributed by atoms with Gasteiger partial charge in [0.05, 0.1) is 20.2 Å². The number of alkyl carbamates (subject to hydrolysis) is 1. The Morgan fingerprint density at radius 2 is 1.98 bits per heavy atom. The van der Waals surface area contributed by atoms with Crippen LogP contribution in [0.15, 0.2) is 26.1 Å². The summed E-state index contributed by atoms with van der Waals surface area (Å²) in [5.41, 5.74) is -1.34. The number of esters is 1. The standard InChI is InChI=1S/C27H34N6O7/c1-7-8-14-32-20-21(29-24(32)31-13-9-10-17(15-31)28-25(36)40-27(2,3)4)30(5)26(37)33(22(20)34)16-18-11-12-19(39-18)23(35)38-6/h11-12,17H,9-10,13-16H2,1-6H3,(H,28,36)/t17-/m1/s1. The number of aryl methyl sites for hydroxylation is 1. The Labute approximate surface area is 230 Å². The molecule has 214 valence electrons. The summed E-state index contributed by atoms with van der Waals surface area (Å²) < 4.78 is 19.6. The maximum Gasteiger partial charge on any atom is 0.407 e. The third kappa shape index (κ3) is 5.90.